The third kappa shape index (κ3) is 5.77. The largest absolute Gasteiger partial charge is 0.380 e. The minimum Gasteiger partial charge on any atom is -0.380 e. The molecule has 1 atom stereocenters. The Bertz CT molecular complexity index is 530. The predicted octanol–water partition coefficient (Wildman–Crippen LogP) is 0.426. The second kappa shape index (κ2) is 10.8. The minimum atomic E-state index is -3.46. The van der Waals surface area contributed by atoms with Crippen LogP contribution in [0.15, 0.2) is 0 Å². The van der Waals surface area contributed by atoms with Crippen molar-refractivity contribution in [3.63, 3.8) is 0 Å². The number of piperazine rings is 1. The summed E-state index contributed by atoms with van der Waals surface area (Å²) < 4.78 is 33.9. The molecule has 2 fully saturated rings. The van der Waals surface area contributed by atoms with Crippen molar-refractivity contribution in [3.8, 4) is 0 Å². The molecule has 2 N–H and O–H groups in total. The fourth-order valence-corrected chi connectivity index (χ4v) is 5.15. The maximum Gasteiger partial charge on any atom is 0.282 e. The molecule has 1 saturated carbocycles. The van der Waals surface area contributed by atoms with Crippen LogP contribution < -0.4 is 5.73 Å². The Balaban J connectivity index is 0.00000338. The van der Waals surface area contributed by atoms with E-state index in [0.29, 0.717) is 32.7 Å². The molecule has 26 heavy (non-hydrogen) atoms. The molecule has 8 nitrogen and oxygen atoms in total. The Morgan fingerprint density at radius 3 is 2.27 bits per heavy atom. The van der Waals surface area contributed by atoms with Crippen molar-refractivity contribution in [3.05, 3.63) is 0 Å². The molecule has 1 unspecified atom stereocenters. The maximum absolute atomic E-state index is 12.8. The van der Waals surface area contributed by atoms with Crippen molar-refractivity contribution in [1.29, 1.82) is 0 Å². The Hall–Kier alpha value is -0.450. The van der Waals surface area contributed by atoms with E-state index in [9.17, 15) is 13.2 Å². The number of halogens is 1. The van der Waals surface area contributed by atoms with E-state index in [2.05, 4.69) is 0 Å². The summed E-state index contributed by atoms with van der Waals surface area (Å²) in [5.41, 5.74) is 5.56. The zero-order valence-electron chi connectivity index (χ0n) is 15.8. The number of carbonyl (C=O) groups excluding carboxylic acids is 1. The van der Waals surface area contributed by atoms with Crippen LogP contribution in [-0.4, -0.2) is 86.9 Å². The lowest BCUT2D eigenvalue weighted by Gasteiger charge is -2.39. The van der Waals surface area contributed by atoms with Crippen LogP contribution in [0.2, 0.25) is 0 Å². The van der Waals surface area contributed by atoms with Gasteiger partial charge in [-0.15, -0.1) is 12.4 Å². The topological polar surface area (TPSA) is 96.2 Å². The molecule has 1 amide bonds. The van der Waals surface area contributed by atoms with Gasteiger partial charge in [-0.1, -0.05) is 19.3 Å². The van der Waals surface area contributed by atoms with Gasteiger partial charge in [-0.05, 0) is 12.8 Å². The zero-order valence-corrected chi connectivity index (χ0v) is 17.4. The molecule has 0 aromatic rings. The first-order chi connectivity index (χ1) is 11.9. The summed E-state index contributed by atoms with van der Waals surface area (Å²) in [4.78, 5) is 14.0. The van der Waals surface area contributed by atoms with Crippen LogP contribution in [0.4, 0.5) is 0 Å². The predicted molar refractivity (Wildman–Crippen MR) is 103 cm³/mol. The summed E-state index contributed by atoms with van der Waals surface area (Å²) >= 11 is 0. The molecule has 1 saturated heterocycles. The first-order valence-corrected chi connectivity index (χ1v) is 10.5. The van der Waals surface area contributed by atoms with Crippen molar-refractivity contribution in [1.82, 2.24) is 13.5 Å². The number of rotatable bonds is 7. The Kier molecular flexibility index (Phi) is 9.77. The van der Waals surface area contributed by atoms with Crippen molar-refractivity contribution >= 4 is 28.5 Å². The minimum absolute atomic E-state index is 0. The monoisotopic (exact) mass is 412 g/mol. The van der Waals surface area contributed by atoms with Gasteiger partial charge in [-0.3, -0.25) is 4.79 Å². The van der Waals surface area contributed by atoms with Crippen LogP contribution >= 0.6 is 12.4 Å². The van der Waals surface area contributed by atoms with E-state index < -0.39 is 10.2 Å². The molecule has 0 aromatic heterocycles. The molecular formula is C16H33ClN4O4S. The summed E-state index contributed by atoms with van der Waals surface area (Å²) in [6, 6.07) is 0.102. The normalized spacial score (nSPS) is 21.5. The number of methoxy groups -OCH3 is 1. The maximum atomic E-state index is 12.8. The van der Waals surface area contributed by atoms with Crippen molar-refractivity contribution < 1.29 is 17.9 Å². The first kappa shape index (κ1) is 23.6. The number of amides is 1. The highest BCUT2D eigenvalue weighted by Crippen LogP contribution is 2.25. The van der Waals surface area contributed by atoms with E-state index in [-0.39, 0.29) is 36.9 Å². The summed E-state index contributed by atoms with van der Waals surface area (Å²) in [5.74, 6) is -0.0324. The fourth-order valence-electron chi connectivity index (χ4n) is 3.57. The van der Waals surface area contributed by atoms with E-state index in [1.165, 1.54) is 17.8 Å². The highest BCUT2D eigenvalue weighted by molar-refractivity contribution is 7.86. The SMILES string of the molecule is COC(CN)CC(=O)N1CCN(S(=O)(=O)N(C)C2CCCCC2)CC1.Cl. The van der Waals surface area contributed by atoms with E-state index in [1.807, 2.05) is 0 Å². The first-order valence-electron chi connectivity index (χ1n) is 9.14. The lowest BCUT2D eigenvalue weighted by Crippen LogP contribution is -2.55. The van der Waals surface area contributed by atoms with Gasteiger partial charge in [0.15, 0.2) is 0 Å². The highest BCUT2D eigenvalue weighted by atomic mass is 35.5. The second-order valence-electron chi connectivity index (χ2n) is 6.89. The van der Waals surface area contributed by atoms with Gasteiger partial charge in [0.2, 0.25) is 5.91 Å². The molecule has 0 radical (unpaired) electrons. The molecule has 10 heteroatoms. The van der Waals surface area contributed by atoms with Crippen molar-refractivity contribution in [2.24, 2.45) is 5.73 Å². The van der Waals surface area contributed by atoms with E-state index >= 15 is 0 Å². The Morgan fingerprint density at radius 1 is 1.19 bits per heavy atom. The number of nitrogens with zero attached hydrogens (tertiary/aromatic N) is 3. The third-order valence-electron chi connectivity index (χ3n) is 5.37. The quantitative estimate of drug-likeness (QED) is 0.653. The molecule has 0 spiro atoms. The molecule has 2 rings (SSSR count). The summed E-state index contributed by atoms with van der Waals surface area (Å²) in [7, 11) is -0.233. The van der Waals surface area contributed by atoms with Gasteiger partial charge < -0.3 is 15.4 Å². The second-order valence-corrected chi connectivity index (χ2v) is 8.88. The van der Waals surface area contributed by atoms with E-state index in [4.69, 9.17) is 10.5 Å². The van der Waals surface area contributed by atoms with Crippen LogP contribution in [0.1, 0.15) is 38.5 Å². The molecule has 0 bridgehead atoms. The molecule has 1 heterocycles. The molecular weight excluding hydrogens is 380 g/mol. The highest BCUT2D eigenvalue weighted by Gasteiger charge is 2.35. The molecule has 0 aromatic carbocycles. The summed E-state index contributed by atoms with van der Waals surface area (Å²) in [5, 5.41) is 0. The van der Waals surface area contributed by atoms with Gasteiger partial charge in [0.05, 0.1) is 12.5 Å². The van der Waals surface area contributed by atoms with Gasteiger partial charge in [0.25, 0.3) is 10.2 Å². The van der Waals surface area contributed by atoms with E-state index in [0.717, 1.165) is 25.7 Å². The van der Waals surface area contributed by atoms with Crippen LogP contribution in [0, 0.1) is 0 Å². The van der Waals surface area contributed by atoms with Gasteiger partial charge in [-0.25, -0.2) is 0 Å². The van der Waals surface area contributed by atoms with Gasteiger partial charge in [0.1, 0.15) is 0 Å². The fraction of sp³-hybridized carbons (Fsp3) is 0.938. The summed E-state index contributed by atoms with van der Waals surface area (Å²) in [6.07, 6.45) is 5.20. The summed E-state index contributed by atoms with van der Waals surface area (Å²) in [6.45, 7) is 1.80. The molecule has 1 aliphatic carbocycles. The van der Waals surface area contributed by atoms with Gasteiger partial charge >= 0.3 is 0 Å². The third-order valence-corrected chi connectivity index (χ3v) is 7.41. The number of hydrogen-bond donors (Lipinski definition) is 1. The Labute approximate surface area is 163 Å². The van der Waals surface area contributed by atoms with Crippen molar-refractivity contribution in [2.75, 3.05) is 46.9 Å². The number of ether oxygens (including phenoxy) is 1. The average molecular weight is 413 g/mol. The van der Waals surface area contributed by atoms with Gasteiger partial charge in [-0.2, -0.15) is 17.0 Å². The lowest BCUT2D eigenvalue weighted by atomic mass is 9.96. The smallest absolute Gasteiger partial charge is 0.282 e. The van der Waals surface area contributed by atoms with E-state index in [1.54, 1.807) is 16.3 Å². The van der Waals surface area contributed by atoms with Crippen LogP contribution in [0.25, 0.3) is 0 Å². The number of nitrogens with two attached hydrogens (primary N) is 1. The average Bonchev–Trinajstić information content (AvgIpc) is 2.66. The zero-order chi connectivity index (χ0) is 18.4. The van der Waals surface area contributed by atoms with Crippen LogP contribution in [0.3, 0.4) is 0 Å². The number of hydrogen-bond acceptors (Lipinski definition) is 5. The molecule has 2 aliphatic rings. The van der Waals surface area contributed by atoms with Crippen molar-refractivity contribution in [2.45, 2.75) is 50.7 Å². The van der Waals surface area contributed by atoms with Gasteiger partial charge in [0, 0.05) is 52.9 Å². The molecule has 154 valence electrons. The van der Waals surface area contributed by atoms with Crippen LogP contribution in [-0.2, 0) is 19.7 Å². The Morgan fingerprint density at radius 2 is 1.77 bits per heavy atom. The number of carbonyl (C=O) groups is 1. The van der Waals surface area contributed by atoms with Crippen LogP contribution in [0.5, 0.6) is 0 Å². The molecule has 1 aliphatic heterocycles. The standard InChI is InChI=1S/C16H32N4O4S.ClH/c1-18(14-6-4-3-5-7-14)25(22,23)20-10-8-19(9-11-20)16(21)12-15(13-17)24-2;/h14-15H,3-13,17H2,1-2H3;1H. The lowest BCUT2D eigenvalue weighted by molar-refractivity contribution is -0.134.